The van der Waals surface area contributed by atoms with Crippen molar-refractivity contribution in [3.63, 3.8) is 0 Å². The number of aromatic nitrogens is 1. The third-order valence-electron chi connectivity index (χ3n) is 5.47. The van der Waals surface area contributed by atoms with Crippen LogP contribution in [0.4, 0.5) is 0 Å². The maximum atomic E-state index is 10.5. The summed E-state index contributed by atoms with van der Waals surface area (Å²) < 4.78 is 35.6. The zero-order valence-corrected chi connectivity index (χ0v) is 17.8. The molecule has 1 saturated heterocycles. The Labute approximate surface area is 177 Å². The fraction of sp³-hybridized carbons (Fsp3) is 0.318. The molecule has 2 heterocycles. The molecule has 1 unspecified atom stereocenters. The van der Waals surface area contributed by atoms with Crippen molar-refractivity contribution in [2.75, 3.05) is 19.6 Å². The normalized spacial score (nSPS) is 20.0. The van der Waals surface area contributed by atoms with Gasteiger partial charge in [-0.3, -0.25) is 9.11 Å². The summed E-state index contributed by atoms with van der Waals surface area (Å²) in [6, 6.07) is 17.7. The Bertz CT molecular complexity index is 1090. The zero-order chi connectivity index (χ0) is 21.3. The number of fused-ring (bicyclic) bond motifs is 1. The molecule has 1 aliphatic heterocycles. The number of hydrogen-bond donors (Lipinski definition) is 2. The van der Waals surface area contributed by atoms with Crippen LogP contribution in [0.15, 0.2) is 48.5 Å². The molecule has 3 aromatic rings. The van der Waals surface area contributed by atoms with Gasteiger partial charge in [-0.15, -0.1) is 10.8 Å². The maximum Gasteiger partial charge on any atom is 0.151 e. The molecule has 1 aliphatic rings. The van der Waals surface area contributed by atoms with Crippen LogP contribution in [0.1, 0.15) is 16.8 Å². The van der Waals surface area contributed by atoms with Crippen LogP contribution in [-0.2, 0) is 17.8 Å². The molecule has 1 aromatic heterocycles. The van der Waals surface area contributed by atoms with Crippen molar-refractivity contribution in [2.45, 2.75) is 26.1 Å². The van der Waals surface area contributed by atoms with Crippen molar-refractivity contribution in [3.8, 4) is 11.8 Å². The fourth-order valence-corrected chi connectivity index (χ4v) is 5.08. The van der Waals surface area contributed by atoms with Gasteiger partial charge in [-0.05, 0) is 42.3 Å². The molecule has 30 heavy (non-hydrogen) atoms. The van der Waals surface area contributed by atoms with Crippen LogP contribution < -0.4 is 4.74 Å². The number of aryl methyl sites for hydroxylation is 1. The Kier molecular flexibility index (Phi) is 5.73. The molecule has 158 valence electrons. The van der Waals surface area contributed by atoms with Gasteiger partial charge in [0.25, 0.3) is 0 Å². The largest absolute Gasteiger partial charge is 0.497 e. The van der Waals surface area contributed by atoms with Crippen molar-refractivity contribution >= 4 is 21.7 Å². The molecule has 0 amide bonds. The topological polar surface area (TPSA) is 90.9 Å². The van der Waals surface area contributed by atoms with Crippen molar-refractivity contribution in [1.82, 2.24) is 8.87 Å². The third-order valence-corrected chi connectivity index (χ3v) is 7.02. The van der Waals surface area contributed by atoms with E-state index in [-0.39, 0.29) is 12.0 Å². The summed E-state index contributed by atoms with van der Waals surface area (Å²) in [5, 5.41) is 10.6. The van der Waals surface area contributed by atoms with Gasteiger partial charge in [0.2, 0.25) is 0 Å². The highest BCUT2D eigenvalue weighted by molar-refractivity contribution is 8.22. The Morgan fingerprint density at radius 2 is 2.00 bits per heavy atom. The first-order valence-corrected chi connectivity index (χ1v) is 11.3. The first-order valence-electron chi connectivity index (χ1n) is 9.66. The molecule has 4 rings (SSSR count). The summed E-state index contributed by atoms with van der Waals surface area (Å²) >= 11 is 0. The minimum absolute atomic E-state index is 0.145. The van der Waals surface area contributed by atoms with Crippen LogP contribution in [0.3, 0.4) is 0 Å². The quantitative estimate of drug-likeness (QED) is 0.629. The monoisotopic (exact) mass is 427 g/mol. The molecule has 1 fully saturated rings. The smallest absolute Gasteiger partial charge is 0.151 e. The van der Waals surface area contributed by atoms with E-state index in [4.69, 9.17) is 9.47 Å². The highest BCUT2D eigenvalue weighted by atomic mass is 32.3. The summed E-state index contributed by atoms with van der Waals surface area (Å²) in [6.07, 6.45) is -0.272. The molecule has 2 aromatic carbocycles. The summed E-state index contributed by atoms with van der Waals surface area (Å²) in [5.74, 6) is 0.609. The van der Waals surface area contributed by atoms with Gasteiger partial charge in [0.1, 0.15) is 17.5 Å². The van der Waals surface area contributed by atoms with Crippen LogP contribution >= 0.6 is 10.8 Å². The standard InChI is InChI=1S/C22H25N3O4S/c1-16-4-3-5-22-21(16)10-18(11-23)25(22)14-20-13-24(30(26,27)15-29-20)12-17-6-8-19(28-2)9-7-17/h3-10,20,26-27H,12-15H2,1-2H3. The van der Waals surface area contributed by atoms with E-state index >= 15 is 0 Å². The molecule has 0 saturated carbocycles. The lowest BCUT2D eigenvalue weighted by molar-refractivity contribution is 0.0260. The van der Waals surface area contributed by atoms with Gasteiger partial charge in [0.15, 0.2) is 5.94 Å². The van der Waals surface area contributed by atoms with E-state index in [0.29, 0.717) is 25.3 Å². The predicted octanol–water partition coefficient (Wildman–Crippen LogP) is 4.35. The lowest BCUT2D eigenvalue weighted by atomic mass is 10.1. The number of nitrogens with zero attached hydrogens (tertiary/aromatic N) is 3. The van der Waals surface area contributed by atoms with Gasteiger partial charge in [-0.1, -0.05) is 24.3 Å². The lowest BCUT2D eigenvalue weighted by Crippen LogP contribution is -2.44. The predicted molar refractivity (Wildman–Crippen MR) is 117 cm³/mol. The van der Waals surface area contributed by atoms with Crippen LogP contribution in [0.5, 0.6) is 5.75 Å². The van der Waals surface area contributed by atoms with E-state index < -0.39 is 10.8 Å². The second kappa shape index (κ2) is 8.30. The highest BCUT2D eigenvalue weighted by Gasteiger charge is 2.33. The average Bonchev–Trinajstić information content (AvgIpc) is 3.10. The van der Waals surface area contributed by atoms with Crippen molar-refractivity contribution < 1.29 is 18.6 Å². The van der Waals surface area contributed by atoms with E-state index in [9.17, 15) is 14.4 Å². The van der Waals surface area contributed by atoms with Gasteiger partial charge in [-0.2, -0.15) is 9.57 Å². The minimum atomic E-state index is -3.01. The zero-order valence-electron chi connectivity index (χ0n) is 17.0. The Hall–Kier alpha value is -2.54. The minimum Gasteiger partial charge on any atom is -0.497 e. The van der Waals surface area contributed by atoms with E-state index in [0.717, 1.165) is 27.8 Å². The van der Waals surface area contributed by atoms with Crippen LogP contribution in [-0.4, -0.2) is 43.7 Å². The van der Waals surface area contributed by atoms with Crippen LogP contribution in [0.25, 0.3) is 10.9 Å². The Morgan fingerprint density at radius 3 is 2.70 bits per heavy atom. The third kappa shape index (κ3) is 4.03. The number of rotatable bonds is 5. The van der Waals surface area contributed by atoms with Gasteiger partial charge >= 0.3 is 0 Å². The Morgan fingerprint density at radius 1 is 1.23 bits per heavy atom. The highest BCUT2D eigenvalue weighted by Crippen LogP contribution is 2.47. The van der Waals surface area contributed by atoms with E-state index in [2.05, 4.69) is 6.07 Å². The number of nitriles is 1. The fourth-order valence-electron chi connectivity index (χ4n) is 3.80. The SMILES string of the molecule is COc1ccc(CN2CC(Cn3c(C#N)cc4c(C)cccc43)OCS2(O)O)cc1. The molecule has 8 heteroatoms. The molecule has 2 N–H and O–H groups in total. The molecule has 0 aliphatic carbocycles. The molecule has 1 atom stereocenters. The van der Waals surface area contributed by atoms with Gasteiger partial charge in [0, 0.05) is 24.0 Å². The number of ether oxygens (including phenoxy) is 2. The molecule has 0 radical (unpaired) electrons. The summed E-state index contributed by atoms with van der Waals surface area (Å²) in [4.78, 5) is 0. The molecule has 7 nitrogen and oxygen atoms in total. The first kappa shape index (κ1) is 20.7. The van der Waals surface area contributed by atoms with E-state index in [1.807, 2.05) is 60.0 Å². The summed E-state index contributed by atoms with van der Waals surface area (Å²) in [7, 11) is -1.40. The first-order chi connectivity index (χ1) is 14.4. The lowest BCUT2D eigenvalue weighted by Gasteiger charge is -2.48. The number of methoxy groups -OCH3 is 1. The summed E-state index contributed by atoms with van der Waals surface area (Å²) in [5.41, 5.74) is 3.62. The molecular formula is C22H25N3O4S. The second-order valence-corrected chi connectivity index (χ2v) is 9.49. The molecular weight excluding hydrogens is 402 g/mol. The molecule has 0 spiro atoms. The second-order valence-electron chi connectivity index (χ2n) is 7.47. The average molecular weight is 428 g/mol. The van der Waals surface area contributed by atoms with Gasteiger partial charge < -0.3 is 14.0 Å². The van der Waals surface area contributed by atoms with E-state index in [1.54, 1.807) is 11.4 Å². The number of hydrogen-bond acceptors (Lipinski definition) is 6. The van der Waals surface area contributed by atoms with Crippen LogP contribution in [0.2, 0.25) is 0 Å². The van der Waals surface area contributed by atoms with Crippen molar-refractivity contribution in [3.05, 3.63) is 65.4 Å². The van der Waals surface area contributed by atoms with E-state index in [1.165, 1.54) is 0 Å². The summed E-state index contributed by atoms with van der Waals surface area (Å²) in [6.45, 7) is 3.23. The van der Waals surface area contributed by atoms with Crippen LogP contribution in [0, 0.1) is 18.3 Å². The van der Waals surface area contributed by atoms with Gasteiger partial charge in [-0.25, -0.2) is 0 Å². The van der Waals surface area contributed by atoms with Crippen molar-refractivity contribution in [2.24, 2.45) is 0 Å². The maximum absolute atomic E-state index is 10.5. The Balaban J connectivity index is 1.55. The van der Waals surface area contributed by atoms with Crippen molar-refractivity contribution in [1.29, 1.82) is 5.26 Å². The number of benzene rings is 2. The van der Waals surface area contributed by atoms with Gasteiger partial charge in [0.05, 0.1) is 19.8 Å². The molecule has 0 bridgehead atoms.